The van der Waals surface area contributed by atoms with Gasteiger partial charge in [0.05, 0.1) is 11.1 Å². The van der Waals surface area contributed by atoms with Gasteiger partial charge in [-0.1, -0.05) is 35.9 Å². The Balaban J connectivity index is 1.23. The third-order valence-electron chi connectivity index (χ3n) is 7.57. The molecule has 0 radical (unpaired) electrons. The van der Waals surface area contributed by atoms with Gasteiger partial charge in [-0.05, 0) is 73.3 Å². The number of methoxy groups -OCH3 is 1. The lowest BCUT2D eigenvalue weighted by Gasteiger charge is -2.38. The van der Waals surface area contributed by atoms with E-state index in [-0.39, 0.29) is 16.4 Å². The van der Waals surface area contributed by atoms with Gasteiger partial charge in [0.2, 0.25) is 10.0 Å². The fourth-order valence-electron chi connectivity index (χ4n) is 5.43. The van der Waals surface area contributed by atoms with Crippen molar-refractivity contribution in [2.75, 3.05) is 38.2 Å². The standard InChI is InChI=1S/C25H31ClN2O3S/c1-31-24(19-6-7-19)20-8-10-21(11-9-20)27-15-12-25(18-27)13-16-28(17-14-25)32(29,30)23-5-3-2-4-22(23)26/h2-5,8-11,19,24H,6-7,12-18H2,1H3. The summed E-state index contributed by atoms with van der Waals surface area (Å²) < 4.78 is 33.5. The van der Waals surface area contributed by atoms with E-state index in [4.69, 9.17) is 16.3 Å². The topological polar surface area (TPSA) is 49.9 Å². The van der Waals surface area contributed by atoms with E-state index < -0.39 is 10.0 Å². The van der Waals surface area contributed by atoms with Crippen molar-refractivity contribution in [3.63, 3.8) is 0 Å². The minimum absolute atomic E-state index is 0.189. The van der Waals surface area contributed by atoms with Crippen LogP contribution in [0.2, 0.25) is 5.02 Å². The molecule has 1 saturated carbocycles. The summed E-state index contributed by atoms with van der Waals surface area (Å²) in [6.07, 6.45) is 5.63. The Morgan fingerprint density at radius 1 is 1.00 bits per heavy atom. The van der Waals surface area contributed by atoms with Crippen molar-refractivity contribution in [3.8, 4) is 0 Å². The van der Waals surface area contributed by atoms with E-state index in [1.807, 2.05) is 0 Å². The predicted molar refractivity (Wildman–Crippen MR) is 128 cm³/mol. The highest BCUT2D eigenvalue weighted by atomic mass is 35.5. The minimum atomic E-state index is -3.55. The summed E-state index contributed by atoms with van der Waals surface area (Å²) in [5.41, 5.74) is 2.71. The van der Waals surface area contributed by atoms with Crippen LogP contribution in [0.4, 0.5) is 5.69 Å². The summed E-state index contributed by atoms with van der Waals surface area (Å²) >= 11 is 6.18. The van der Waals surface area contributed by atoms with E-state index in [0.29, 0.717) is 24.0 Å². The summed E-state index contributed by atoms with van der Waals surface area (Å²) in [6, 6.07) is 15.6. The summed E-state index contributed by atoms with van der Waals surface area (Å²) in [4.78, 5) is 2.67. The van der Waals surface area contributed by atoms with Crippen LogP contribution in [0, 0.1) is 11.3 Å². The summed E-state index contributed by atoms with van der Waals surface area (Å²) in [5, 5.41) is 0.292. The van der Waals surface area contributed by atoms with Gasteiger partial charge in [0.25, 0.3) is 0 Å². The van der Waals surface area contributed by atoms with Crippen LogP contribution in [-0.2, 0) is 14.8 Å². The third-order valence-corrected chi connectivity index (χ3v) is 9.97. The first-order chi connectivity index (χ1) is 15.4. The first kappa shape index (κ1) is 22.2. The van der Waals surface area contributed by atoms with Crippen molar-refractivity contribution in [2.24, 2.45) is 11.3 Å². The van der Waals surface area contributed by atoms with Crippen LogP contribution in [0.5, 0.6) is 0 Å². The molecular weight excluding hydrogens is 444 g/mol. The van der Waals surface area contributed by atoms with Crippen LogP contribution < -0.4 is 4.90 Å². The quantitative estimate of drug-likeness (QED) is 0.583. The highest BCUT2D eigenvalue weighted by Gasteiger charge is 2.43. The molecule has 2 aromatic carbocycles. The monoisotopic (exact) mass is 474 g/mol. The first-order valence-electron chi connectivity index (χ1n) is 11.5. The molecule has 0 bridgehead atoms. The molecule has 0 N–H and O–H groups in total. The maximum Gasteiger partial charge on any atom is 0.244 e. The Morgan fingerprint density at radius 3 is 2.28 bits per heavy atom. The highest BCUT2D eigenvalue weighted by Crippen LogP contribution is 2.45. The number of nitrogens with zero attached hydrogens (tertiary/aromatic N) is 2. The molecule has 1 aliphatic carbocycles. The van der Waals surface area contributed by atoms with Crippen LogP contribution in [0.3, 0.4) is 0 Å². The average Bonchev–Trinajstić information content (AvgIpc) is 3.56. The molecule has 5 nitrogen and oxygen atoms in total. The predicted octanol–water partition coefficient (Wildman–Crippen LogP) is 5.12. The van der Waals surface area contributed by atoms with Crippen LogP contribution >= 0.6 is 11.6 Å². The number of hydrogen-bond donors (Lipinski definition) is 0. The summed E-state index contributed by atoms with van der Waals surface area (Å²) in [5.74, 6) is 0.674. The number of ether oxygens (including phenoxy) is 1. The lowest BCUT2D eigenvalue weighted by molar-refractivity contribution is 0.0846. The number of halogens is 1. The molecule has 32 heavy (non-hydrogen) atoms. The van der Waals surface area contributed by atoms with Gasteiger partial charge in [0.1, 0.15) is 4.90 Å². The van der Waals surface area contributed by atoms with E-state index >= 15 is 0 Å². The van der Waals surface area contributed by atoms with Crippen molar-refractivity contribution in [1.29, 1.82) is 0 Å². The lowest BCUT2D eigenvalue weighted by atomic mass is 9.78. The number of hydrogen-bond acceptors (Lipinski definition) is 4. The Labute approximate surface area is 196 Å². The Bertz CT molecular complexity index is 1060. The maximum atomic E-state index is 13.1. The van der Waals surface area contributed by atoms with Crippen LogP contribution in [-0.4, -0.2) is 46.0 Å². The zero-order valence-electron chi connectivity index (χ0n) is 18.5. The normalized spacial score (nSPS) is 22.4. The lowest BCUT2D eigenvalue weighted by Crippen LogP contribution is -2.44. The molecule has 1 spiro atoms. The molecule has 3 aliphatic rings. The third kappa shape index (κ3) is 4.18. The molecule has 0 amide bonds. The van der Waals surface area contributed by atoms with Crippen molar-refractivity contribution >= 4 is 27.3 Å². The van der Waals surface area contributed by atoms with Gasteiger partial charge < -0.3 is 9.64 Å². The molecular formula is C25H31ClN2O3S. The highest BCUT2D eigenvalue weighted by molar-refractivity contribution is 7.89. The van der Waals surface area contributed by atoms with Crippen molar-refractivity contribution in [3.05, 3.63) is 59.1 Å². The number of sulfonamides is 1. The maximum absolute atomic E-state index is 13.1. The molecule has 172 valence electrons. The van der Waals surface area contributed by atoms with Gasteiger partial charge in [-0.25, -0.2) is 8.42 Å². The molecule has 1 unspecified atom stereocenters. The largest absolute Gasteiger partial charge is 0.376 e. The Hall–Kier alpha value is -1.60. The first-order valence-corrected chi connectivity index (χ1v) is 13.4. The van der Waals surface area contributed by atoms with Crippen LogP contribution in [0.25, 0.3) is 0 Å². The van der Waals surface area contributed by atoms with E-state index in [9.17, 15) is 8.42 Å². The van der Waals surface area contributed by atoms with Gasteiger partial charge in [0, 0.05) is 39.0 Å². The van der Waals surface area contributed by atoms with Gasteiger partial charge in [-0.2, -0.15) is 4.31 Å². The molecule has 2 heterocycles. The van der Waals surface area contributed by atoms with Crippen molar-refractivity contribution in [2.45, 2.75) is 43.1 Å². The Kier molecular flexibility index (Phi) is 5.99. The molecule has 0 aromatic heterocycles. The minimum Gasteiger partial charge on any atom is -0.376 e. The van der Waals surface area contributed by atoms with Gasteiger partial charge in [0.15, 0.2) is 0 Å². The molecule has 1 atom stereocenters. The fraction of sp³-hybridized carbons (Fsp3) is 0.520. The van der Waals surface area contributed by atoms with Gasteiger partial charge in [-0.15, -0.1) is 0 Å². The second kappa shape index (κ2) is 8.64. The Morgan fingerprint density at radius 2 is 1.66 bits per heavy atom. The zero-order chi connectivity index (χ0) is 22.3. The van der Waals surface area contributed by atoms with Crippen molar-refractivity contribution < 1.29 is 13.2 Å². The van der Waals surface area contributed by atoms with Gasteiger partial charge in [-0.3, -0.25) is 0 Å². The van der Waals surface area contributed by atoms with Crippen LogP contribution in [0.15, 0.2) is 53.4 Å². The van der Waals surface area contributed by atoms with E-state index in [1.165, 1.54) is 24.1 Å². The molecule has 3 fully saturated rings. The fourth-order valence-corrected chi connectivity index (χ4v) is 7.37. The number of anilines is 1. The van der Waals surface area contributed by atoms with Gasteiger partial charge >= 0.3 is 0 Å². The number of piperidine rings is 1. The SMILES string of the molecule is COC(c1ccc(N2CCC3(CCN(S(=O)(=O)c4ccccc4Cl)CC3)C2)cc1)C1CC1. The molecule has 5 rings (SSSR count). The number of benzene rings is 2. The second-order valence-corrected chi connectivity index (χ2v) is 11.9. The average molecular weight is 475 g/mol. The second-order valence-electron chi connectivity index (χ2n) is 9.59. The smallest absolute Gasteiger partial charge is 0.244 e. The zero-order valence-corrected chi connectivity index (χ0v) is 20.1. The molecule has 7 heteroatoms. The number of rotatable bonds is 6. The van der Waals surface area contributed by atoms with E-state index in [2.05, 4.69) is 29.2 Å². The molecule has 2 saturated heterocycles. The van der Waals surface area contributed by atoms with E-state index in [0.717, 1.165) is 32.4 Å². The van der Waals surface area contributed by atoms with Crippen LogP contribution in [0.1, 0.15) is 43.8 Å². The summed E-state index contributed by atoms with van der Waals surface area (Å²) in [7, 11) is -1.74. The van der Waals surface area contributed by atoms with E-state index in [1.54, 1.807) is 35.7 Å². The molecule has 2 aromatic rings. The molecule has 2 aliphatic heterocycles. The summed E-state index contributed by atoms with van der Waals surface area (Å²) in [6.45, 7) is 3.12. The van der Waals surface area contributed by atoms with Crippen molar-refractivity contribution in [1.82, 2.24) is 4.31 Å².